The van der Waals surface area contributed by atoms with Gasteiger partial charge in [-0.25, -0.2) is 0 Å². The molecule has 100 valence electrons. The maximum Gasteiger partial charge on any atom is 0.417 e. The Morgan fingerprint density at radius 3 is 2.50 bits per heavy atom. The van der Waals surface area contributed by atoms with Crippen LogP contribution in [-0.2, 0) is 6.18 Å². The summed E-state index contributed by atoms with van der Waals surface area (Å²) in [5.74, 6) is 0. The lowest BCUT2D eigenvalue weighted by Crippen LogP contribution is -2.32. The Hall–Kier alpha value is -1.56. The van der Waals surface area contributed by atoms with Crippen LogP contribution in [0, 0.1) is 0 Å². The molecular weight excluding hydrogens is 247 g/mol. The summed E-state index contributed by atoms with van der Waals surface area (Å²) in [5.41, 5.74) is -1.06. The molecule has 18 heavy (non-hydrogen) atoms. The molecule has 0 bridgehead atoms. The van der Waals surface area contributed by atoms with Gasteiger partial charge in [0.15, 0.2) is 6.29 Å². The summed E-state index contributed by atoms with van der Waals surface area (Å²) in [4.78, 5) is 12.1. The minimum atomic E-state index is -4.57. The number of aliphatic hydroxyl groups excluding tert-OH is 1. The summed E-state index contributed by atoms with van der Waals surface area (Å²) in [6.45, 7) is 1.51. The van der Waals surface area contributed by atoms with Crippen LogP contribution < -0.4 is 4.90 Å². The van der Waals surface area contributed by atoms with Gasteiger partial charge in [-0.3, -0.25) is 4.79 Å². The highest BCUT2D eigenvalue weighted by molar-refractivity contribution is 5.79. The quantitative estimate of drug-likeness (QED) is 0.846. The van der Waals surface area contributed by atoms with Crippen LogP contribution >= 0.6 is 0 Å². The van der Waals surface area contributed by atoms with E-state index in [0.717, 1.165) is 12.1 Å². The van der Waals surface area contributed by atoms with Crippen LogP contribution in [0.3, 0.4) is 0 Å². The number of alkyl halides is 3. The summed E-state index contributed by atoms with van der Waals surface area (Å²) >= 11 is 0. The molecule has 0 saturated carbocycles. The van der Waals surface area contributed by atoms with Gasteiger partial charge in [-0.15, -0.1) is 0 Å². The van der Waals surface area contributed by atoms with Crippen LogP contribution in [0.25, 0.3) is 0 Å². The number of nitrogens with zero attached hydrogens (tertiary/aromatic N) is 1. The van der Waals surface area contributed by atoms with Gasteiger partial charge in [-0.05, 0) is 25.1 Å². The van der Waals surface area contributed by atoms with Crippen molar-refractivity contribution in [3.63, 3.8) is 0 Å². The van der Waals surface area contributed by atoms with Crippen LogP contribution in [0.4, 0.5) is 18.9 Å². The molecule has 0 amide bonds. The van der Waals surface area contributed by atoms with Crippen molar-refractivity contribution in [2.24, 2.45) is 0 Å². The third-order valence-corrected chi connectivity index (χ3v) is 2.80. The maximum absolute atomic E-state index is 12.7. The molecular formula is C12H14F3NO2. The molecule has 6 heteroatoms. The Bertz CT molecular complexity index is 432. The van der Waals surface area contributed by atoms with Crippen LogP contribution in [0.15, 0.2) is 18.2 Å². The summed E-state index contributed by atoms with van der Waals surface area (Å²) < 4.78 is 38.2. The molecule has 0 aliphatic carbocycles. The summed E-state index contributed by atoms with van der Waals surface area (Å²) in [5, 5.41) is 8.98. The largest absolute Gasteiger partial charge is 0.417 e. The number of carbonyl (C=O) groups is 1. The van der Waals surface area contributed by atoms with E-state index in [1.165, 1.54) is 11.0 Å². The van der Waals surface area contributed by atoms with Crippen molar-refractivity contribution in [3.05, 3.63) is 29.3 Å². The Morgan fingerprint density at radius 2 is 2.06 bits per heavy atom. The lowest BCUT2D eigenvalue weighted by atomic mass is 10.1. The molecule has 0 radical (unpaired) electrons. The van der Waals surface area contributed by atoms with Gasteiger partial charge in [0, 0.05) is 24.3 Å². The van der Waals surface area contributed by atoms with Crippen molar-refractivity contribution < 1.29 is 23.1 Å². The third-order valence-electron chi connectivity index (χ3n) is 2.80. The number of anilines is 1. The van der Waals surface area contributed by atoms with Crippen molar-refractivity contribution >= 4 is 12.0 Å². The van der Waals surface area contributed by atoms with Gasteiger partial charge in [0.05, 0.1) is 12.2 Å². The van der Waals surface area contributed by atoms with E-state index in [0.29, 0.717) is 5.69 Å². The highest BCUT2D eigenvalue weighted by Crippen LogP contribution is 2.34. The van der Waals surface area contributed by atoms with Gasteiger partial charge in [-0.2, -0.15) is 13.2 Å². The Morgan fingerprint density at radius 1 is 1.44 bits per heavy atom. The lowest BCUT2D eigenvalue weighted by molar-refractivity contribution is -0.137. The first kappa shape index (κ1) is 14.5. The molecule has 3 nitrogen and oxygen atoms in total. The van der Waals surface area contributed by atoms with Gasteiger partial charge in [0.2, 0.25) is 0 Å². The number of aldehydes is 1. The van der Waals surface area contributed by atoms with E-state index in [-0.39, 0.29) is 18.9 Å². The predicted molar refractivity (Wildman–Crippen MR) is 61.8 cm³/mol. The third kappa shape index (κ3) is 3.01. The van der Waals surface area contributed by atoms with E-state index >= 15 is 0 Å². The van der Waals surface area contributed by atoms with E-state index < -0.39 is 17.3 Å². The van der Waals surface area contributed by atoms with Gasteiger partial charge in [0.1, 0.15) is 0 Å². The van der Waals surface area contributed by atoms with Crippen LogP contribution in [0.1, 0.15) is 22.8 Å². The van der Waals surface area contributed by atoms with E-state index in [1.54, 1.807) is 14.0 Å². The average Bonchev–Trinajstić information content (AvgIpc) is 2.35. The second kappa shape index (κ2) is 5.39. The van der Waals surface area contributed by atoms with Crippen molar-refractivity contribution in [1.82, 2.24) is 0 Å². The monoisotopic (exact) mass is 261 g/mol. The van der Waals surface area contributed by atoms with Crippen molar-refractivity contribution in [1.29, 1.82) is 0 Å². The fourth-order valence-electron chi connectivity index (χ4n) is 1.49. The minimum Gasteiger partial charge on any atom is -0.394 e. The van der Waals surface area contributed by atoms with Gasteiger partial charge in [0.25, 0.3) is 0 Å². The molecule has 0 aliphatic heterocycles. The van der Waals surface area contributed by atoms with Crippen molar-refractivity contribution in [3.8, 4) is 0 Å². The van der Waals surface area contributed by atoms with Gasteiger partial charge < -0.3 is 10.0 Å². The molecule has 1 rings (SSSR count). The van der Waals surface area contributed by atoms with Gasteiger partial charge in [-0.1, -0.05) is 0 Å². The molecule has 0 fully saturated rings. The number of hydrogen-bond acceptors (Lipinski definition) is 3. The van der Waals surface area contributed by atoms with Crippen LogP contribution in [-0.4, -0.2) is 31.1 Å². The fourth-order valence-corrected chi connectivity index (χ4v) is 1.49. The zero-order valence-electron chi connectivity index (χ0n) is 10.0. The molecule has 1 atom stereocenters. The second-order valence-electron chi connectivity index (χ2n) is 4.03. The second-order valence-corrected chi connectivity index (χ2v) is 4.03. The molecule has 0 heterocycles. The first-order chi connectivity index (χ1) is 8.31. The summed E-state index contributed by atoms with van der Waals surface area (Å²) in [7, 11) is 1.58. The first-order valence-corrected chi connectivity index (χ1v) is 5.31. The minimum absolute atomic E-state index is 0.173. The SMILES string of the molecule is CC(CO)N(C)c1ccc(C=O)c(C(F)(F)F)c1. The highest BCUT2D eigenvalue weighted by atomic mass is 19.4. The maximum atomic E-state index is 12.7. The number of benzene rings is 1. The summed E-state index contributed by atoms with van der Waals surface area (Å²) in [6, 6.07) is 3.15. The molecule has 1 N–H and O–H groups in total. The number of aliphatic hydroxyl groups is 1. The Kier molecular flexibility index (Phi) is 4.34. The average molecular weight is 261 g/mol. The lowest BCUT2D eigenvalue weighted by Gasteiger charge is -2.26. The summed E-state index contributed by atoms with van der Waals surface area (Å²) in [6.07, 6.45) is -4.39. The molecule has 1 aromatic rings. The topological polar surface area (TPSA) is 40.5 Å². The van der Waals surface area contributed by atoms with Crippen LogP contribution in [0.2, 0.25) is 0 Å². The zero-order valence-corrected chi connectivity index (χ0v) is 10.0. The zero-order chi connectivity index (χ0) is 13.9. The highest BCUT2D eigenvalue weighted by Gasteiger charge is 2.34. The smallest absolute Gasteiger partial charge is 0.394 e. The molecule has 1 unspecified atom stereocenters. The van der Waals surface area contributed by atoms with E-state index in [2.05, 4.69) is 0 Å². The van der Waals surface area contributed by atoms with Crippen LogP contribution in [0.5, 0.6) is 0 Å². The first-order valence-electron chi connectivity index (χ1n) is 5.31. The molecule has 0 aliphatic rings. The molecule has 0 aromatic heterocycles. The Balaban J connectivity index is 3.23. The molecule has 0 spiro atoms. The van der Waals surface area contributed by atoms with E-state index in [1.807, 2.05) is 0 Å². The van der Waals surface area contributed by atoms with E-state index in [4.69, 9.17) is 5.11 Å². The number of likely N-dealkylation sites (N-methyl/N-ethyl adjacent to an activating group) is 1. The number of hydrogen-bond donors (Lipinski definition) is 1. The number of halogens is 3. The van der Waals surface area contributed by atoms with Crippen molar-refractivity contribution in [2.45, 2.75) is 19.1 Å². The van der Waals surface area contributed by atoms with Gasteiger partial charge >= 0.3 is 6.18 Å². The Labute approximate surface area is 103 Å². The normalized spacial score (nSPS) is 13.2. The van der Waals surface area contributed by atoms with Crippen molar-refractivity contribution in [2.75, 3.05) is 18.6 Å². The number of carbonyl (C=O) groups excluding carboxylic acids is 1. The predicted octanol–water partition coefficient (Wildman–Crippen LogP) is 2.33. The standard InChI is InChI=1S/C12H14F3NO2/c1-8(6-17)16(2)10-4-3-9(7-18)11(5-10)12(13,14)15/h3-5,7-8,17H,6H2,1-2H3. The number of rotatable bonds is 4. The molecule has 1 aromatic carbocycles. The van der Waals surface area contributed by atoms with E-state index in [9.17, 15) is 18.0 Å². The molecule has 0 saturated heterocycles. The fraction of sp³-hybridized carbons (Fsp3) is 0.417.